The average molecular weight is 515 g/mol. The van der Waals surface area contributed by atoms with Gasteiger partial charge in [-0.05, 0) is 68.1 Å². The summed E-state index contributed by atoms with van der Waals surface area (Å²) in [4.78, 5) is 50.7. The topological polar surface area (TPSA) is 102 Å². The minimum Gasteiger partial charge on any atom is -0.467 e. The number of halogens is 3. The predicted molar refractivity (Wildman–Crippen MR) is 123 cm³/mol. The van der Waals surface area contributed by atoms with Gasteiger partial charge in [-0.15, -0.1) is 0 Å². The summed E-state index contributed by atoms with van der Waals surface area (Å²) >= 11 is 0. The molecule has 0 aromatic carbocycles. The van der Waals surface area contributed by atoms with E-state index in [1.807, 2.05) is 6.92 Å². The number of ketones is 1. The summed E-state index contributed by atoms with van der Waals surface area (Å²) < 4.78 is 44.1. The lowest BCUT2D eigenvalue weighted by Gasteiger charge is -2.59. The van der Waals surface area contributed by atoms with E-state index in [0.29, 0.717) is 12.8 Å². The zero-order valence-electron chi connectivity index (χ0n) is 21.4. The van der Waals surface area contributed by atoms with Gasteiger partial charge in [0.1, 0.15) is 11.8 Å². The van der Waals surface area contributed by atoms with E-state index in [1.165, 1.54) is 0 Å². The number of amides is 2. The van der Waals surface area contributed by atoms with Crippen LogP contribution in [0.25, 0.3) is 0 Å². The number of alkyl halides is 3. The summed E-state index contributed by atoms with van der Waals surface area (Å²) in [5.74, 6) is -3.13. The Morgan fingerprint density at radius 3 is 2.44 bits per heavy atom. The number of hydrogen-bond donors (Lipinski definition) is 2. The van der Waals surface area contributed by atoms with Crippen molar-refractivity contribution in [2.45, 2.75) is 90.4 Å². The molecule has 3 aliphatic carbocycles. The van der Waals surface area contributed by atoms with Crippen LogP contribution in [0.1, 0.15) is 72.1 Å². The maximum absolute atomic E-state index is 13.4. The number of ether oxygens (including phenoxy) is 1. The standard InChI is InChI=1S/C26H37F3N2O5/c1-13(26(27,28)29)11-18(23(35)36-4)30-22(34)17-7-6-15-14-5-8-19-25(3,20(32)12-21(33)31-19)16(14)9-10-24(15,17)2/h13-19H,5-12H2,1-4H3,(H,30,34)(H,31,33)/t13?,14-,15-,16+,17?,18?,19?,24-,25+/m0/s1. The molecular weight excluding hydrogens is 477 g/mol. The van der Waals surface area contributed by atoms with Gasteiger partial charge in [0, 0.05) is 17.4 Å². The van der Waals surface area contributed by atoms with Gasteiger partial charge < -0.3 is 15.4 Å². The molecule has 0 bridgehead atoms. The Balaban J connectivity index is 1.51. The van der Waals surface area contributed by atoms with Crippen molar-refractivity contribution >= 4 is 23.6 Å². The summed E-state index contributed by atoms with van der Waals surface area (Å²) in [6.07, 6.45) is -0.724. The number of rotatable bonds is 5. The molecule has 9 atom stereocenters. The first-order valence-electron chi connectivity index (χ1n) is 13.0. The van der Waals surface area contributed by atoms with Crippen LogP contribution in [-0.4, -0.2) is 48.9 Å². The highest BCUT2D eigenvalue weighted by Gasteiger charge is 2.63. The largest absolute Gasteiger partial charge is 0.467 e. The second kappa shape index (κ2) is 9.31. The Hall–Kier alpha value is -2.13. The normalized spacial score (nSPS) is 39.7. The van der Waals surface area contributed by atoms with Crippen molar-refractivity contribution < 1.29 is 37.1 Å². The molecule has 1 saturated heterocycles. The van der Waals surface area contributed by atoms with Gasteiger partial charge in [-0.1, -0.05) is 20.8 Å². The molecule has 10 heteroatoms. The molecule has 4 aliphatic rings. The summed E-state index contributed by atoms with van der Waals surface area (Å²) in [6.45, 7) is 5.05. The maximum atomic E-state index is 13.4. The van der Waals surface area contributed by atoms with Crippen LogP contribution in [0.3, 0.4) is 0 Å². The van der Waals surface area contributed by atoms with Gasteiger partial charge in [-0.3, -0.25) is 14.4 Å². The number of nitrogens with one attached hydrogen (secondary N) is 2. The summed E-state index contributed by atoms with van der Waals surface area (Å²) in [7, 11) is 1.10. The van der Waals surface area contributed by atoms with Gasteiger partial charge in [0.25, 0.3) is 0 Å². The molecule has 0 aromatic rings. The molecule has 1 heterocycles. The lowest BCUT2D eigenvalue weighted by molar-refractivity contribution is -0.175. The van der Waals surface area contributed by atoms with Crippen LogP contribution in [0.15, 0.2) is 0 Å². The predicted octanol–water partition coefficient (Wildman–Crippen LogP) is 3.55. The Labute approximate surface area is 209 Å². The number of Topliss-reactive ketones (excluding diaryl/α,β-unsaturated/α-hetero) is 1. The molecule has 0 aromatic heterocycles. The van der Waals surface area contributed by atoms with Crippen molar-refractivity contribution in [1.82, 2.24) is 10.6 Å². The highest BCUT2D eigenvalue weighted by Crippen LogP contribution is 2.65. The molecular formula is C26H37F3N2O5. The van der Waals surface area contributed by atoms with Gasteiger partial charge in [0.05, 0.1) is 19.4 Å². The smallest absolute Gasteiger partial charge is 0.391 e. The fourth-order valence-electron chi connectivity index (χ4n) is 8.10. The van der Waals surface area contributed by atoms with Crippen molar-refractivity contribution in [2.75, 3.05) is 7.11 Å². The van der Waals surface area contributed by atoms with Crippen molar-refractivity contribution in [1.29, 1.82) is 0 Å². The Bertz CT molecular complexity index is 939. The van der Waals surface area contributed by atoms with Crippen molar-refractivity contribution in [3.63, 3.8) is 0 Å². The number of carbonyl (C=O) groups excluding carboxylic acids is 4. The quantitative estimate of drug-likeness (QED) is 0.432. The zero-order chi connectivity index (χ0) is 26.6. The van der Waals surface area contributed by atoms with Gasteiger partial charge in [0.15, 0.2) is 0 Å². The maximum Gasteiger partial charge on any atom is 0.391 e. The second-order valence-corrected chi connectivity index (χ2v) is 11.9. The summed E-state index contributed by atoms with van der Waals surface area (Å²) in [5.41, 5.74) is -0.978. The molecule has 2 N–H and O–H groups in total. The number of esters is 1. The summed E-state index contributed by atoms with van der Waals surface area (Å²) in [5, 5.41) is 5.63. The molecule has 36 heavy (non-hydrogen) atoms. The molecule has 4 rings (SSSR count). The molecule has 2 amide bonds. The Morgan fingerprint density at radius 1 is 1.11 bits per heavy atom. The van der Waals surface area contributed by atoms with Crippen LogP contribution < -0.4 is 10.6 Å². The van der Waals surface area contributed by atoms with Crippen LogP contribution in [-0.2, 0) is 23.9 Å². The Morgan fingerprint density at radius 2 is 1.81 bits per heavy atom. The highest BCUT2D eigenvalue weighted by atomic mass is 19.4. The van der Waals surface area contributed by atoms with Crippen LogP contribution in [0, 0.1) is 40.4 Å². The van der Waals surface area contributed by atoms with Crippen LogP contribution >= 0.6 is 0 Å². The van der Waals surface area contributed by atoms with E-state index in [4.69, 9.17) is 0 Å². The first-order valence-corrected chi connectivity index (χ1v) is 13.0. The van der Waals surface area contributed by atoms with E-state index in [1.54, 1.807) is 0 Å². The van der Waals surface area contributed by atoms with E-state index in [-0.39, 0.29) is 47.3 Å². The van der Waals surface area contributed by atoms with E-state index < -0.39 is 47.8 Å². The first kappa shape index (κ1) is 26.9. The van der Waals surface area contributed by atoms with Crippen molar-refractivity contribution in [3.8, 4) is 0 Å². The van der Waals surface area contributed by atoms with Crippen molar-refractivity contribution in [3.05, 3.63) is 0 Å². The fourth-order valence-corrected chi connectivity index (χ4v) is 8.10. The molecule has 1 aliphatic heterocycles. The number of methoxy groups -OCH3 is 1. The number of piperidine rings is 1. The molecule has 7 nitrogen and oxygen atoms in total. The second-order valence-electron chi connectivity index (χ2n) is 11.9. The molecule has 0 radical (unpaired) electrons. The lowest BCUT2D eigenvalue weighted by atomic mass is 9.46. The molecule has 4 fully saturated rings. The van der Waals surface area contributed by atoms with Gasteiger partial charge >= 0.3 is 12.1 Å². The number of carbonyl (C=O) groups is 4. The zero-order valence-corrected chi connectivity index (χ0v) is 21.4. The van der Waals surface area contributed by atoms with Crippen LogP contribution in [0.2, 0.25) is 0 Å². The SMILES string of the molecule is COC(=O)C(CC(C)C(F)(F)F)NC(=O)C1CC[C@H]2[C@@H]3CCC4NC(=O)CC(=O)[C@]4(C)[C@@H]3CC[C@]12C. The molecule has 202 valence electrons. The van der Waals surface area contributed by atoms with Crippen LogP contribution in [0.5, 0.6) is 0 Å². The van der Waals surface area contributed by atoms with Gasteiger partial charge in [-0.25, -0.2) is 4.79 Å². The van der Waals surface area contributed by atoms with E-state index in [2.05, 4.69) is 22.3 Å². The number of fused-ring (bicyclic) bond motifs is 5. The first-order chi connectivity index (χ1) is 16.7. The third-order valence-corrected chi connectivity index (χ3v) is 10.2. The third-order valence-electron chi connectivity index (χ3n) is 10.2. The monoisotopic (exact) mass is 514 g/mol. The van der Waals surface area contributed by atoms with E-state index in [0.717, 1.165) is 39.7 Å². The van der Waals surface area contributed by atoms with Gasteiger partial charge in [-0.2, -0.15) is 13.2 Å². The average Bonchev–Trinajstić information content (AvgIpc) is 3.15. The third kappa shape index (κ3) is 4.32. The number of hydrogen-bond acceptors (Lipinski definition) is 5. The minimum absolute atomic E-state index is 0.00143. The fraction of sp³-hybridized carbons (Fsp3) is 0.846. The van der Waals surface area contributed by atoms with E-state index >= 15 is 0 Å². The molecule has 3 saturated carbocycles. The lowest BCUT2D eigenvalue weighted by Crippen LogP contribution is -2.65. The highest BCUT2D eigenvalue weighted by molar-refractivity contribution is 6.04. The van der Waals surface area contributed by atoms with Crippen molar-refractivity contribution in [2.24, 2.45) is 40.4 Å². The van der Waals surface area contributed by atoms with E-state index in [9.17, 15) is 32.3 Å². The van der Waals surface area contributed by atoms with Crippen LogP contribution in [0.4, 0.5) is 13.2 Å². The molecule has 0 spiro atoms. The Kier molecular flexibility index (Phi) is 6.96. The summed E-state index contributed by atoms with van der Waals surface area (Å²) in [6, 6.07) is -1.52. The molecule has 4 unspecified atom stereocenters. The minimum atomic E-state index is -4.48. The van der Waals surface area contributed by atoms with Gasteiger partial charge in [0.2, 0.25) is 11.8 Å².